The quantitative estimate of drug-likeness (QED) is 0.649. The Hall–Kier alpha value is 0.390. The van der Waals surface area contributed by atoms with Gasteiger partial charge in [-0.25, -0.2) is 0 Å². The Labute approximate surface area is 91.7 Å². The number of halogens is 1. The van der Waals surface area contributed by atoms with Gasteiger partial charge < -0.3 is 5.32 Å². The molecule has 0 aromatic carbocycles. The topological polar surface area (TPSA) is 12.0 Å². The van der Waals surface area contributed by atoms with Crippen LogP contribution in [0.5, 0.6) is 0 Å². The Morgan fingerprint density at radius 1 is 1.58 bits per heavy atom. The lowest BCUT2D eigenvalue weighted by molar-refractivity contribution is 0.642. The lowest BCUT2D eigenvalue weighted by atomic mass is 10.3. The third-order valence-electron chi connectivity index (χ3n) is 1.66. The smallest absolute Gasteiger partial charge is 0.0656 e. The SMILES string of the molecule is CCCCNCc1csc(I)c1. The highest BCUT2D eigenvalue weighted by Gasteiger charge is 1.95. The zero-order chi connectivity index (χ0) is 8.81. The van der Waals surface area contributed by atoms with Crippen molar-refractivity contribution in [2.75, 3.05) is 6.54 Å². The maximum Gasteiger partial charge on any atom is 0.0656 e. The van der Waals surface area contributed by atoms with Crippen molar-refractivity contribution in [3.05, 3.63) is 19.9 Å². The molecule has 0 atom stereocenters. The summed E-state index contributed by atoms with van der Waals surface area (Å²) in [5, 5.41) is 5.64. The van der Waals surface area contributed by atoms with E-state index in [1.165, 1.54) is 21.3 Å². The van der Waals surface area contributed by atoms with Crippen LogP contribution in [-0.2, 0) is 6.54 Å². The van der Waals surface area contributed by atoms with Crippen LogP contribution in [0.15, 0.2) is 11.4 Å². The van der Waals surface area contributed by atoms with E-state index in [1.807, 2.05) is 11.3 Å². The average molecular weight is 295 g/mol. The molecule has 1 aromatic rings. The number of rotatable bonds is 5. The van der Waals surface area contributed by atoms with Crippen molar-refractivity contribution < 1.29 is 0 Å². The Morgan fingerprint density at radius 2 is 2.42 bits per heavy atom. The summed E-state index contributed by atoms with van der Waals surface area (Å²) in [4.78, 5) is 0. The normalized spacial score (nSPS) is 10.5. The van der Waals surface area contributed by atoms with Gasteiger partial charge in [0, 0.05) is 6.54 Å². The number of hydrogen-bond acceptors (Lipinski definition) is 2. The van der Waals surface area contributed by atoms with Crippen LogP contribution in [0.3, 0.4) is 0 Å². The van der Waals surface area contributed by atoms with Gasteiger partial charge in [-0.05, 0) is 52.6 Å². The minimum absolute atomic E-state index is 1.03. The van der Waals surface area contributed by atoms with Crippen LogP contribution in [0.4, 0.5) is 0 Å². The molecule has 3 heteroatoms. The van der Waals surface area contributed by atoms with Gasteiger partial charge in [-0.3, -0.25) is 0 Å². The van der Waals surface area contributed by atoms with Gasteiger partial charge >= 0.3 is 0 Å². The van der Waals surface area contributed by atoms with Crippen molar-refractivity contribution in [1.29, 1.82) is 0 Å². The predicted molar refractivity (Wildman–Crippen MR) is 63.7 cm³/mol. The van der Waals surface area contributed by atoms with Gasteiger partial charge in [0.1, 0.15) is 0 Å². The molecule has 0 amide bonds. The maximum atomic E-state index is 3.42. The standard InChI is InChI=1S/C9H14INS/c1-2-3-4-11-6-8-5-9(10)12-7-8/h5,7,11H,2-4,6H2,1H3. The Bertz CT molecular complexity index is 222. The van der Waals surface area contributed by atoms with Crippen molar-refractivity contribution in [2.45, 2.75) is 26.3 Å². The first-order valence-electron chi connectivity index (χ1n) is 4.26. The van der Waals surface area contributed by atoms with Crippen molar-refractivity contribution in [3.63, 3.8) is 0 Å². The molecule has 1 N–H and O–H groups in total. The van der Waals surface area contributed by atoms with Gasteiger partial charge in [-0.1, -0.05) is 13.3 Å². The molecule has 0 aliphatic rings. The molecule has 1 aromatic heterocycles. The summed E-state index contributed by atoms with van der Waals surface area (Å²) in [6.45, 7) is 4.39. The first kappa shape index (κ1) is 10.5. The zero-order valence-electron chi connectivity index (χ0n) is 7.27. The number of unbranched alkanes of at least 4 members (excludes halogenated alkanes) is 1. The van der Waals surface area contributed by atoms with E-state index in [0.29, 0.717) is 0 Å². The summed E-state index contributed by atoms with van der Waals surface area (Å²) < 4.78 is 1.37. The van der Waals surface area contributed by atoms with E-state index in [4.69, 9.17) is 0 Å². The van der Waals surface area contributed by atoms with Crippen LogP contribution in [0.25, 0.3) is 0 Å². The summed E-state index contributed by atoms with van der Waals surface area (Å²) in [6.07, 6.45) is 2.55. The highest BCUT2D eigenvalue weighted by molar-refractivity contribution is 14.1. The molecule has 0 aliphatic carbocycles. The molecule has 0 bridgehead atoms. The molecular formula is C9H14INS. The van der Waals surface area contributed by atoms with E-state index in [2.05, 4.69) is 46.3 Å². The van der Waals surface area contributed by atoms with E-state index < -0.39 is 0 Å². The van der Waals surface area contributed by atoms with Crippen LogP contribution in [-0.4, -0.2) is 6.54 Å². The molecule has 0 unspecified atom stereocenters. The highest BCUT2D eigenvalue weighted by atomic mass is 127. The summed E-state index contributed by atoms with van der Waals surface area (Å²) in [7, 11) is 0. The van der Waals surface area contributed by atoms with Crippen molar-refractivity contribution in [3.8, 4) is 0 Å². The van der Waals surface area contributed by atoms with Crippen LogP contribution in [0.2, 0.25) is 0 Å². The molecular weight excluding hydrogens is 281 g/mol. The summed E-state index contributed by atoms with van der Waals surface area (Å²) in [5.74, 6) is 0. The predicted octanol–water partition coefficient (Wildman–Crippen LogP) is 3.24. The fourth-order valence-electron chi connectivity index (χ4n) is 0.973. The first-order valence-corrected chi connectivity index (χ1v) is 6.22. The van der Waals surface area contributed by atoms with Crippen LogP contribution < -0.4 is 5.32 Å². The summed E-state index contributed by atoms with van der Waals surface area (Å²) in [5.41, 5.74) is 1.42. The van der Waals surface area contributed by atoms with Gasteiger partial charge in [-0.2, -0.15) is 0 Å². The molecule has 0 saturated carbocycles. The van der Waals surface area contributed by atoms with Crippen molar-refractivity contribution >= 4 is 33.9 Å². The van der Waals surface area contributed by atoms with E-state index >= 15 is 0 Å². The third-order valence-corrected chi connectivity index (χ3v) is 3.50. The molecule has 0 radical (unpaired) electrons. The van der Waals surface area contributed by atoms with Crippen LogP contribution >= 0.6 is 33.9 Å². The van der Waals surface area contributed by atoms with Crippen LogP contribution in [0, 0.1) is 2.88 Å². The summed E-state index contributed by atoms with van der Waals surface area (Å²) in [6, 6.07) is 2.24. The van der Waals surface area contributed by atoms with E-state index in [9.17, 15) is 0 Å². The lowest BCUT2D eigenvalue weighted by Crippen LogP contribution is -2.13. The maximum absolute atomic E-state index is 3.42. The molecule has 1 heterocycles. The second kappa shape index (κ2) is 5.94. The fourth-order valence-corrected chi connectivity index (χ4v) is 2.39. The van der Waals surface area contributed by atoms with Gasteiger partial charge in [-0.15, -0.1) is 11.3 Å². The number of thiophene rings is 1. The minimum atomic E-state index is 1.03. The molecule has 0 spiro atoms. The van der Waals surface area contributed by atoms with Crippen molar-refractivity contribution in [2.24, 2.45) is 0 Å². The second-order valence-electron chi connectivity index (χ2n) is 2.79. The van der Waals surface area contributed by atoms with Gasteiger partial charge in [0.05, 0.1) is 2.88 Å². The van der Waals surface area contributed by atoms with Gasteiger partial charge in [0.2, 0.25) is 0 Å². The highest BCUT2D eigenvalue weighted by Crippen LogP contribution is 2.16. The largest absolute Gasteiger partial charge is 0.313 e. The van der Waals surface area contributed by atoms with Gasteiger partial charge in [0.15, 0.2) is 0 Å². The first-order chi connectivity index (χ1) is 5.83. The molecule has 68 valence electrons. The molecule has 0 saturated heterocycles. The molecule has 0 fully saturated rings. The molecule has 0 aliphatic heterocycles. The Kier molecular flexibility index (Phi) is 5.18. The van der Waals surface area contributed by atoms with E-state index in [0.717, 1.165) is 13.1 Å². The monoisotopic (exact) mass is 295 g/mol. The molecule has 12 heavy (non-hydrogen) atoms. The number of hydrogen-bond donors (Lipinski definition) is 1. The van der Waals surface area contributed by atoms with Crippen molar-refractivity contribution in [1.82, 2.24) is 5.32 Å². The fraction of sp³-hybridized carbons (Fsp3) is 0.556. The van der Waals surface area contributed by atoms with E-state index in [-0.39, 0.29) is 0 Å². The lowest BCUT2D eigenvalue weighted by Gasteiger charge is -2.00. The average Bonchev–Trinajstić information content (AvgIpc) is 2.45. The van der Waals surface area contributed by atoms with Crippen LogP contribution in [0.1, 0.15) is 25.3 Å². The van der Waals surface area contributed by atoms with Gasteiger partial charge in [0.25, 0.3) is 0 Å². The number of nitrogens with one attached hydrogen (secondary N) is 1. The second-order valence-corrected chi connectivity index (χ2v) is 5.59. The molecule has 1 nitrogen and oxygen atoms in total. The summed E-state index contributed by atoms with van der Waals surface area (Å²) >= 11 is 4.17. The zero-order valence-corrected chi connectivity index (χ0v) is 10.2. The third kappa shape index (κ3) is 3.87. The Balaban J connectivity index is 2.15. The van der Waals surface area contributed by atoms with E-state index in [1.54, 1.807) is 0 Å². The minimum Gasteiger partial charge on any atom is -0.313 e. The molecule has 1 rings (SSSR count). The Morgan fingerprint density at radius 3 is 3.00 bits per heavy atom.